The van der Waals surface area contributed by atoms with Crippen LogP contribution in [0.15, 0.2) is 78.9 Å². The minimum absolute atomic E-state index is 0.294. The van der Waals surface area contributed by atoms with Crippen LogP contribution >= 0.6 is 0 Å². The fourth-order valence-corrected chi connectivity index (χ4v) is 3.37. The van der Waals surface area contributed by atoms with E-state index >= 15 is 0 Å². The van der Waals surface area contributed by atoms with Gasteiger partial charge in [-0.2, -0.15) is 0 Å². The molecule has 0 aliphatic rings. The average molecular weight is 392 g/mol. The van der Waals surface area contributed by atoms with Gasteiger partial charge >= 0.3 is 5.97 Å². The lowest BCUT2D eigenvalue weighted by Crippen LogP contribution is -2.18. The third-order valence-electron chi connectivity index (χ3n) is 5.01. The first-order valence-electron chi connectivity index (χ1n) is 9.83. The standard InChI is InChI=1S/C25H25FO3/c26-23-12-14-24(15-13-23)29-17-16-20-8-4-5-9-21(20)18-22(25(27)28)11-10-19-6-2-1-3-7-19/h1-9,12-15,22H,10-11,16-18H2,(H,27,28). The minimum atomic E-state index is -0.765. The number of rotatable bonds is 10. The van der Waals surface area contributed by atoms with E-state index in [1.165, 1.54) is 12.1 Å². The Labute approximate surface area is 170 Å². The Bertz CT molecular complexity index is 907. The minimum Gasteiger partial charge on any atom is -0.493 e. The van der Waals surface area contributed by atoms with Crippen LogP contribution in [0.3, 0.4) is 0 Å². The summed E-state index contributed by atoms with van der Waals surface area (Å²) < 4.78 is 18.7. The highest BCUT2D eigenvalue weighted by molar-refractivity contribution is 5.70. The molecule has 0 fully saturated rings. The highest BCUT2D eigenvalue weighted by Crippen LogP contribution is 2.20. The van der Waals surface area contributed by atoms with Crippen LogP contribution in [0.5, 0.6) is 5.75 Å². The first-order chi connectivity index (χ1) is 14.1. The molecule has 3 aromatic rings. The average Bonchev–Trinajstić information content (AvgIpc) is 2.74. The molecule has 3 nitrogen and oxygen atoms in total. The third kappa shape index (κ3) is 6.46. The van der Waals surface area contributed by atoms with Crippen LogP contribution in [0.2, 0.25) is 0 Å². The molecular formula is C25H25FO3. The topological polar surface area (TPSA) is 46.5 Å². The molecule has 29 heavy (non-hydrogen) atoms. The van der Waals surface area contributed by atoms with E-state index < -0.39 is 11.9 Å². The van der Waals surface area contributed by atoms with Crippen LogP contribution in [0.4, 0.5) is 4.39 Å². The van der Waals surface area contributed by atoms with Gasteiger partial charge in [0.25, 0.3) is 0 Å². The fourth-order valence-electron chi connectivity index (χ4n) is 3.37. The number of carboxylic acid groups (broad SMARTS) is 1. The summed E-state index contributed by atoms with van der Waals surface area (Å²) >= 11 is 0. The molecule has 1 atom stereocenters. The Kier molecular flexibility index (Phi) is 7.40. The van der Waals surface area contributed by atoms with Crippen LogP contribution < -0.4 is 4.74 Å². The number of benzene rings is 3. The SMILES string of the molecule is O=C(O)C(CCc1ccccc1)Cc1ccccc1CCOc1ccc(F)cc1. The molecule has 0 amide bonds. The van der Waals surface area contributed by atoms with Gasteiger partial charge in [0.1, 0.15) is 11.6 Å². The van der Waals surface area contributed by atoms with Crippen LogP contribution in [0, 0.1) is 11.7 Å². The van der Waals surface area contributed by atoms with E-state index in [1.807, 2.05) is 54.6 Å². The molecule has 3 rings (SSSR count). The number of carboxylic acids is 1. The Balaban J connectivity index is 1.60. The lowest BCUT2D eigenvalue weighted by atomic mass is 9.90. The van der Waals surface area contributed by atoms with Crippen molar-refractivity contribution in [2.24, 2.45) is 5.92 Å². The molecule has 0 aliphatic carbocycles. The number of hydrogen-bond donors (Lipinski definition) is 1. The van der Waals surface area contributed by atoms with Crippen LogP contribution in [0.1, 0.15) is 23.1 Å². The van der Waals surface area contributed by atoms with E-state index in [0.717, 1.165) is 23.1 Å². The Morgan fingerprint density at radius 3 is 2.21 bits per heavy atom. The van der Waals surface area contributed by atoms with E-state index in [0.29, 0.717) is 31.6 Å². The number of carbonyl (C=O) groups is 1. The Hall–Kier alpha value is -3.14. The summed E-state index contributed by atoms with van der Waals surface area (Å²) in [4.78, 5) is 11.8. The first kappa shape index (κ1) is 20.6. The molecule has 1 N–H and O–H groups in total. The van der Waals surface area contributed by atoms with Crippen molar-refractivity contribution in [1.82, 2.24) is 0 Å². The van der Waals surface area contributed by atoms with Crippen molar-refractivity contribution >= 4 is 5.97 Å². The first-order valence-corrected chi connectivity index (χ1v) is 9.83. The highest BCUT2D eigenvalue weighted by Gasteiger charge is 2.19. The van der Waals surface area contributed by atoms with E-state index in [2.05, 4.69) is 0 Å². The second kappa shape index (κ2) is 10.4. The predicted molar refractivity (Wildman–Crippen MR) is 112 cm³/mol. The molecule has 0 saturated carbocycles. The lowest BCUT2D eigenvalue weighted by Gasteiger charge is -2.16. The molecular weight excluding hydrogens is 367 g/mol. The summed E-state index contributed by atoms with van der Waals surface area (Å²) in [5, 5.41) is 9.70. The van der Waals surface area contributed by atoms with Crippen molar-refractivity contribution in [3.05, 3.63) is 101 Å². The molecule has 1 unspecified atom stereocenters. The zero-order valence-corrected chi connectivity index (χ0v) is 16.3. The van der Waals surface area contributed by atoms with Crippen molar-refractivity contribution in [3.8, 4) is 5.75 Å². The molecule has 0 aromatic heterocycles. The summed E-state index contributed by atoms with van der Waals surface area (Å²) in [6.45, 7) is 0.449. The third-order valence-corrected chi connectivity index (χ3v) is 5.01. The van der Waals surface area contributed by atoms with E-state index in [9.17, 15) is 14.3 Å². The maximum Gasteiger partial charge on any atom is 0.306 e. The fraction of sp³-hybridized carbons (Fsp3) is 0.240. The summed E-state index contributed by atoms with van der Waals surface area (Å²) in [6, 6.07) is 23.8. The smallest absolute Gasteiger partial charge is 0.306 e. The summed E-state index contributed by atoms with van der Waals surface area (Å²) in [5.41, 5.74) is 3.27. The van der Waals surface area contributed by atoms with Crippen molar-refractivity contribution < 1.29 is 19.0 Å². The van der Waals surface area contributed by atoms with Crippen molar-refractivity contribution in [3.63, 3.8) is 0 Å². The molecule has 0 aliphatic heterocycles. The predicted octanol–water partition coefficient (Wildman–Crippen LogP) is 5.32. The highest BCUT2D eigenvalue weighted by atomic mass is 19.1. The van der Waals surface area contributed by atoms with E-state index in [-0.39, 0.29) is 5.82 Å². The molecule has 0 heterocycles. The lowest BCUT2D eigenvalue weighted by molar-refractivity contribution is -0.141. The van der Waals surface area contributed by atoms with Gasteiger partial charge in [-0.1, -0.05) is 54.6 Å². The molecule has 4 heteroatoms. The normalized spacial score (nSPS) is 11.8. The molecule has 3 aromatic carbocycles. The number of ether oxygens (including phenoxy) is 1. The zero-order chi connectivity index (χ0) is 20.5. The quantitative estimate of drug-likeness (QED) is 0.508. The zero-order valence-electron chi connectivity index (χ0n) is 16.3. The van der Waals surface area contributed by atoms with Gasteiger partial charge < -0.3 is 9.84 Å². The van der Waals surface area contributed by atoms with Gasteiger partial charge in [0.15, 0.2) is 0 Å². The monoisotopic (exact) mass is 392 g/mol. The van der Waals surface area contributed by atoms with Gasteiger partial charge in [-0.25, -0.2) is 4.39 Å². The summed E-state index contributed by atoms with van der Waals surface area (Å²) in [6.07, 6.45) is 2.50. The number of aryl methyl sites for hydroxylation is 1. The molecule has 0 radical (unpaired) electrons. The van der Waals surface area contributed by atoms with Crippen molar-refractivity contribution in [1.29, 1.82) is 0 Å². The number of aliphatic carboxylic acids is 1. The van der Waals surface area contributed by atoms with Gasteiger partial charge in [0.05, 0.1) is 12.5 Å². The van der Waals surface area contributed by atoms with E-state index in [1.54, 1.807) is 12.1 Å². The molecule has 150 valence electrons. The maximum atomic E-state index is 13.0. The second-order valence-corrected chi connectivity index (χ2v) is 7.08. The van der Waals surface area contributed by atoms with Crippen molar-refractivity contribution in [2.75, 3.05) is 6.61 Å². The van der Waals surface area contributed by atoms with Crippen LogP contribution in [-0.2, 0) is 24.1 Å². The molecule has 0 saturated heterocycles. The second-order valence-electron chi connectivity index (χ2n) is 7.08. The van der Waals surface area contributed by atoms with Gasteiger partial charge in [-0.15, -0.1) is 0 Å². The Morgan fingerprint density at radius 1 is 0.862 bits per heavy atom. The largest absolute Gasteiger partial charge is 0.493 e. The number of halogens is 1. The molecule has 0 spiro atoms. The van der Waals surface area contributed by atoms with Gasteiger partial charge in [0.2, 0.25) is 0 Å². The molecule has 0 bridgehead atoms. The van der Waals surface area contributed by atoms with E-state index in [4.69, 9.17) is 4.74 Å². The Morgan fingerprint density at radius 2 is 1.52 bits per heavy atom. The van der Waals surface area contributed by atoms with Crippen LogP contribution in [0.25, 0.3) is 0 Å². The van der Waals surface area contributed by atoms with Crippen LogP contribution in [-0.4, -0.2) is 17.7 Å². The van der Waals surface area contributed by atoms with Gasteiger partial charge in [-0.3, -0.25) is 4.79 Å². The number of hydrogen-bond acceptors (Lipinski definition) is 2. The van der Waals surface area contributed by atoms with Gasteiger partial charge in [-0.05, 0) is 60.2 Å². The summed E-state index contributed by atoms with van der Waals surface area (Å²) in [7, 11) is 0. The maximum absolute atomic E-state index is 13.0. The van der Waals surface area contributed by atoms with Gasteiger partial charge in [0, 0.05) is 6.42 Å². The summed E-state index contributed by atoms with van der Waals surface area (Å²) in [5.74, 6) is -0.874. The van der Waals surface area contributed by atoms with Crippen molar-refractivity contribution in [2.45, 2.75) is 25.7 Å².